The number of halogens is 1. The van der Waals surface area contributed by atoms with Crippen LogP contribution in [0.1, 0.15) is 0 Å². The van der Waals surface area contributed by atoms with Gasteiger partial charge in [-0.1, -0.05) is 0 Å². The van der Waals surface area contributed by atoms with Crippen LogP contribution in [0.2, 0.25) is 0 Å². The Bertz CT molecular complexity index is 235. The first-order valence-electron chi connectivity index (χ1n) is 1.96. The van der Waals surface area contributed by atoms with Crippen LogP contribution in [0.4, 0.5) is 10.1 Å². The monoisotopic (exact) mass is 148 g/mol. The van der Waals surface area contributed by atoms with E-state index in [4.69, 9.17) is 0 Å². The molecule has 0 saturated heterocycles. The van der Waals surface area contributed by atoms with Gasteiger partial charge in [0.1, 0.15) is 6.20 Å². The number of aromatic nitrogens is 1. The maximum Gasteiger partial charge on any atom is 0.335 e. The average molecular weight is 148 g/mol. The van der Waals surface area contributed by atoms with Crippen LogP contribution in [0, 0.1) is 15.2 Å². The number of hydrogen-bond donors (Lipinski definition) is 0. The van der Waals surface area contributed by atoms with Crippen molar-refractivity contribution in [1.29, 1.82) is 0 Å². The molecular formula is C3HFN2O2S. The lowest BCUT2D eigenvalue weighted by molar-refractivity contribution is -0.387. The highest BCUT2D eigenvalue weighted by atomic mass is 32.1. The first-order valence-corrected chi connectivity index (χ1v) is 2.73. The van der Waals surface area contributed by atoms with Crippen molar-refractivity contribution in [3.8, 4) is 0 Å². The highest BCUT2D eigenvalue weighted by Crippen LogP contribution is 2.17. The van der Waals surface area contributed by atoms with Crippen molar-refractivity contribution in [2.24, 2.45) is 0 Å². The fourth-order valence-corrected chi connectivity index (χ4v) is 0.805. The van der Waals surface area contributed by atoms with E-state index in [2.05, 4.69) is 4.37 Å². The predicted molar refractivity (Wildman–Crippen MR) is 28.7 cm³/mol. The summed E-state index contributed by atoms with van der Waals surface area (Å²) in [6, 6.07) is 0. The van der Waals surface area contributed by atoms with Gasteiger partial charge in [0, 0.05) is 11.5 Å². The first-order chi connectivity index (χ1) is 4.22. The van der Waals surface area contributed by atoms with E-state index in [1.165, 1.54) is 0 Å². The first kappa shape index (κ1) is 6.09. The molecular weight excluding hydrogens is 147 g/mol. The summed E-state index contributed by atoms with van der Waals surface area (Å²) in [5, 5.41) is 8.97. The molecule has 0 atom stereocenters. The average Bonchev–Trinajstić information content (AvgIpc) is 2.13. The van der Waals surface area contributed by atoms with E-state index >= 15 is 0 Å². The summed E-state index contributed by atoms with van der Waals surface area (Å²) < 4.78 is 15.4. The van der Waals surface area contributed by atoms with Crippen molar-refractivity contribution in [3.63, 3.8) is 0 Å². The third-order valence-corrected chi connectivity index (χ3v) is 1.29. The molecule has 1 aromatic rings. The molecule has 0 radical (unpaired) electrons. The van der Waals surface area contributed by atoms with Crippen molar-refractivity contribution in [2.45, 2.75) is 0 Å². The molecule has 48 valence electrons. The van der Waals surface area contributed by atoms with Gasteiger partial charge >= 0.3 is 5.69 Å². The minimum atomic E-state index is -0.847. The van der Waals surface area contributed by atoms with Crippen molar-refractivity contribution in [3.05, 3.63) is 21.4 Å². The molecule has 0 bridgehead atoms. The van der Waals surface area contributed by atoms with Gasteiger partial charge in [-0.3, -0.25) is 10.1 Å². The SMILES string of the molecule is O=[N+]([O-])c1cnsc1F. The Morgan fingerprint density at radius 3 is 2.78 bits per heavy atom. The van der Waals surface area contributed by atoms with Gasteiger partial charge in [-0.15, -0.1) is 0 Å². The molecule has 0 spiro atoms. The highest BCUT2D eigenvalue weighted by molar-refractivity contribution is 7.04. The van der Waals surface area contributed by atoms with Crippen LogP contribution in [0.15, 0.2) is 6.20 Å². The fourth-order valence-electron chi connectivity index (χ4n) is 0.339. The van der Waals surface area contributed by atoms with Crippen molar-refractivity contribution in [2.75, 3.05) is 0 Å². The molecule has 0 saturated carbocycles. The van der Waals surface area contributed by atoms with E-state index in [1.807, 2.05) is 0 Å². The Kier molecular flexibility index (Phi) is 1.39. The maximum absolute atomic E-state index is 12.1. The molecule has 0 aliphatic heterocycles. The zero-order chi connectivity index (χ0) is 6.85. The second kappa shape index (κ2) is 2.06. The van der Waals surface area contributed by atoms with E-state index < -0.39 is 15.7 Å². The predicted octanol–water partition coefficient (Wildman–Crippen LogP) is 1.19. The van der Waals surface area contributed by atoms with E-state index in [-0.39, 0.29) is 0 Å². The molecule has 0 fully saturated rings. The van der Waals surface area contributed by atoms with E-state index in [9.17, 15) is 14.5 Å². The molecule has 0 aliphatic rings. The summed E-state index contributed by atoms with van der Waals surface area (Å²) in [4.78, 5) is 9.01. The van der Waals surface area contributed by atoms with Gasteiger partial charge < -0.3 is 0 Å². The lowest BCUT2D eigenvalue weighted by Gasteiger charge is -1.79. The van der Waals surface area contributed by atoms with Gasteiger partial charge in [0.2, 0.25) is 0 Å². The zero-order valence-corrected chi connectivity index (χ0v) is 4.89. The molecule has 1 aromatic heterocycles. The van der Waals surface area contributed by atoms with Gasteiger partial charge in [0.05, 0.1) is 4.92 Å². The smallest absolute Gasteiger partial charge is 0.258 e. The maximum atomic E-state index is 12.1. The number of nitrogens with zero attached hydrogens (tertiary/aromatic N) is 2. The molecule has 0 aromatic carbocycles. The summed E-state index contributed by atoms with van der Waals surface area (Å²) in [5.74, 6) is 0. The van der Waals surface area contributed by atoms with Crippen molar-refractivity contribution in [1.82, 2.24) is 4.37 Å². The molecule has 9 heavy (non-hydrogen) atoms. The van der Waals surface area contributed by atoms with Crippen LogP contribution in [-0.4, -0.2) is 9.30 Å². The Morgan fingerprint density at radius 1 is 1.89 bits per heavy atom. The summed E-state index contributed by atoms with van der Waals surface area (Å²) in [6.07, 6.45) is 0.889. The van der Waals surface area contributed by atoms with Crippen molar-refractivity contribution < 1.29 is 9.31 Å². The van der Waals surface area contributed by atoms with E-state index in [1.54, 1.807) is 0 Å². The summed E-state index contributed by atoms with van der Waals surface area (Å²) >= 11 is 0.474. The van der Waals surface area contributed by atoms with E-state index in [0.717, 1.165) is 6.20 Å². The van der Waals surface area contributed by atoms with Crippen LogP contribution in [-0.2, 0) is 0 Å². The van der Waals surface area contributed by atoms with Crippen LogP contribution >= 0.6 is 11.5 Å². The Balaban J connectivity index is 3.08. The summed E-state index contributed by atoms with van der Waals surface area (Å²) in [5.41, 5.74) is -0.556. The van der Waals surface area contributed by atoms with Gasteiger partial charge in [-0.25, -0.2) is 0 Å². The standard InChI is InChI=1S/C3HFN2O2S/c4-3-2(6(7)8)1-5-9-3/h1H. The summed E-state index contributed by atoms with van der Waals surface area (Å²) in [7, 11) is 0. The lowest BCUT2D eigenvalue weighted by Crippen LogP contribution is -1.86. The molecule has 6 heteroatoms. The number of rotatable bonds is 1. The topological polar surface area (TPSA) is 56.0 Å². The molecule has 1 rings (SSSR count). The van der Waals surface area contributed by atoms with Crippen LogP contribution in [0.3, 0.4) is 0 Å². The normalized spacial score (nSPS) is 9.44. The number of nitro groups is 1. The number of hydrogen-bond acceptors (Lipinski definition) is 4. The Labute approximate surface area is 53.3 Å². The zero-order valence-electron chi connectivity index (χ0n) is 4.07. The van der Waals surface area contributed by atoms with Crippen LogP contribution in [0.25, 0.3) is 0 Å². The lowest BCUT2D eigenvalue weighted by atomic mass is 10.6. The summed E-state index contributed by atoms with van der Waals surface area (Å²) in [6.45, 7) is 0. The Hall–Kier alpha value is -1.04. The van der Waals surface area contributed by atoms with Crippen molar-refractivity contribution >= 4 is 17.2 Å². The quantitative estimate of drug-likeness (QED) is 0.444. The van der Waals surface area contributed by atoms with Gasteiger partial charge in [-0.2, -0.15) is 8.76 Å². The fraction of sp³-hybridized carbons (Fsp3) is 0. The molecule has 4 nitrogen and oxygen atoms in total. The largest absolute Gasteiger partial charge is 0.335 e. The highest BCUT2D eigenvalue weighted by Gasteiger charge is 2.14. The Morgan fingerprint density at radius 2 is 2.56 bits per heavy atom. The minimum absolute atomic E-state index is 0.474. The minimum Gasteiger partial charge on any atom is -0.258 e. The van der Waals surface area contributed by atoms with Gasteiger partial charge in [0.25, 0.3) is 5.13 Å². The van der Waals surface area contributed by atoms with Gasteiger partial charge in [0.15, 0.2) is 0 Å². The van der Waals surface area contributed by atoms with Gasteiger partial charge in [-0.05, 0) is 0 Å². The molecule has 0 N–H and O–H groups in total. The van der Waals surface area contributed by atoms with E-state index in [0.29, 0.717) is 11.5 Å². The molecule has 0 unspecified atom stereocenters. The third-order valence-electron chi connectivity index (χ3n) is 0.706. The molecule has 0 aliphatic carbocycles. The van der Waals surface area contributed by atoms with Crippen LogP contribution < -0.4 is 0 Å². The molecule has 0 amide bonds. The molecule has 1 heterocycles. The third kappa shape index (κ3) is 1.02. The second-order valence-corrected chi connectivity index (χ2v) is 1.99. The second-order valence-electron chi connectivity index (χ2n) is 1.24. The van der Waals surface area contributed by atoms with Crippen LogP contribution in [0.5, 0.6) is 0 Å².